The molecule has 0 aliphatic rings. The van der Waals surface area contributed by atoms with Crippen LogP contribution in [0.2, 0.25) is 0 Å². The number of aromatic nitrogens is 2. The van der Waals surface area contributed by atoms with Gasteiger partial charge in [-0.15, -0.1) is 11.3 Å². The van der Waals surface area contributed by atoms with Gasteiger partial charge in [0.25, 0.3) is 17.2 Å². The van der Waals surface area contributed by atoms with Crippen molar-refractivity contribution < 1.29 is 14.6 Å². The molecule has 1 N–H and O–H groups in total. The third kappa shape index (κ3) is 4.36. The summed E-state index contributed by atoms with van der Waals surface area (Å²) < 4.78 is 0.918. The van der Waals surface area contributed by atoms with E-state index in [9.17, 15) is 19.7 Å². The van der Waals surface area contributed by atoms with E-state index in [1.165, 1.54) is 47.9 Å². The van der Waals surface area contributed by atoms with Crippen LogP contribution in [-0.2, 0) is 6.61 Å². The number of carbonyl (C=O) groups is 1. The standard InChI is InChI=1S/C17H14N4O5S/c1-11-10-27-17(18-11)19-15(22)14-6-3-7-20(16(14)23)26-9-12-4-2-5-13(8-12)21(24)25/h2-8,10H,9H2,1H3,(H,18,19,22). The molecule has 10 heteroatoms. The van der Waals surface area contributed by atoms with Gasteiger partial charge in [0.15, 0.2) is 5.13 Å². The lowest BCUT2D eigenvalue weighted by Gasteiger charge is -2.09. The maximum absolute atomic E-state index is 12.5. The summed E-state index contributed by atoms with van der Waals surface area (Å²) in [7, 11) is 0. The maximum Gasteiger partial charge on any atom is 0.295 e. The van der Waals surface area contributed by atoms with Crippen molar-refractivity contribution in [3.63, 3.8) is 0 Å². The van der Waals surface area contributed by atoms with E-state index in [-0.39, 0.29) is 17.9 Å². The Morgan fingerprint density at radius 2 is 2.19 bits per heavy atom. The van der Waals surface area contributed by atoms with E-state index in [1.54, 1.807) is 18.4 Å². The number of thiazole rings is 1. The summed E-state index contributed by atoms with van der Waals surface area (Å²) >= 11 is 1.26. The van der Waals surface area contributed by atoms with Gasteiger partial charge in [-0.3, -0.25) is 25.0 Å². The molecule has 2 aromatic heterocycles. The first-order valence-corrected chi connectivity index (χ1v) is 8.64. The zero-order valence-electron chi connectivity index (χ0n) is 14.1. The Labute approximate surface area is 157 Å². The Balaban J connectivity index is 1.75. The molecule has 3 rings (SSSR count). The van der Waals surface area contributed by atoms with Gasteiger partial charge in [-0.2, -0.15) is 4.73 Å². The van der Waals surface area contributed by atoms with Gasteiger partial charge in [0.1, 0.15) is 12.2 Å². The molecule has 0 saturated carbocycles. The number of pyridine rings is 1. The number of aryl methyl sites for hydroxylation is 1. The van der Waals surface area contributed by atoms with Gasteiger partial charge < -0.3 is 4.84 Å². The van der Waals surface area contributed by atoms with E-state index in [1.807, 2.05) is 0 Å². The van der Waals surface area contributed by atoms with Crippen LogP contribution in [-0.4, -0.2) is 20.5 Å². The highest BCUT2D eigenvalue weighted by Crippen LogP contribution is 2.15. The topological polar surface area (TPSA) is 116 Å². The molecule has 3 aromatic rings. The number of nitrogens with one attached hydrogen (secondary N) is 1. The highest BCUT2D eigenvalue weighted by molar-refractivity contribution is 7.13. The molecule has 9 nitrogen and oxygen atoms in total. The van der Waals surface area contributed by atoms with Gasteiger partial charge in [-0.25, -0.2) is 4.98 Å². The number of rotatable bonds is 6. The minimum atomic E-state index is -0.645. The maximum atomic E-state index is 12.5. The van der Waals surface area contributed by atoms with Crippen LogP contribution in [0, 0.1) is 17.0 Å². The van der Waals surface area contributed by atoms with Crippen molar-refractivity contribution in [3.05, 3.63) is 85.3 Å². The van der Waals surface area contributed by atoms with Crippen LogP contribution in [0.25, 0.3) is 0 Å². The van der Waals surface area contributed by atoms with Crippen LogP contribution in [0.15, 0.2) is 52.8 Å². The molecule has 27 heavy (non-hydrogen) atoms. The third-order valence-corrected chi connectivity index (χ3v) is 4.37. The van der Waals surface area contributed by atoms with Crippen LogP contribution in [0.5, 0.6) is 0 Å². The summed E-state index contributed by atoms with van der Waals surface area (Å²) in [6.45, 7) is 1.72. The van der Waals surface area contributed by atoms with Crippen LogP contribution >= 0.6 is 11.3 Å². The van der Waals surface area contributed by atoms with Crippen molar-refractivity contribution in [1.82, 2.24) is 9.71 Å². The van der Waals surface area contributed by atoms with E-state index < -0.39 is 16.4 Å². The van der Waals surface area contributed by atoms with E-state index in [2.05, 4.69) is 10.3 Å². The Morgan fingerprint density at radius 3 is 2.89 bits per heavy atom. The Kier molecular flexibility index (Phi) is 5.27. The molecule has 1 amide bonds. The van der Waals surface area contributed by atoms with E-state index >= 15 is 0 Å². The molecule has 1 aromatic carbocycles. The lowest BCUT2D eigenvalue weighted by atomic mass is 10.2. The number of hydrogen-bond donors (Lipinski definition) is 1. The zero-order valence-corrected chi connectivity index (χ0v) is 14.9. The van der Waals surface area contributed by atoms with Gasteiger partial charge >= 0.3 is 0 Å². The molecule has 0 fully saturated rings. The molecule has 0 radical (unpaired) electrons. The van der Waals surface area contributed by atoms with Crippen molar-refractivity contribution in [2.75, 3.05) is 5.32 Å². The first kappa shape index (κ1) is 18.3. The van der Waals surface area contributed by atoms with Gasteiger partial charge in [0, 0.05) is 23.7 Å². The van der Waals surface area contributed by atoms with Gasteiger partial charge in [0.05, 0.1) is 10.6 Å². The van der Waals surface area contributed by atoms with Crippen LogP contribution < -0.4 is 15.7 Å². The second kappa shape index (κ2) is 7.79. The largest absolute Gasteiger partial charge is 0.406 e. The third-order valence-electron chi connectivity index (χ3n) is 3.49. The minimum Gasteiger partial charge on any atom is -0.406 e. The molecule has 0 saturated heterocycles. The average molecular weight is 386 g/mol. The summed E-state index contributed by atoms with van der Waals surface area (Å²) in [5.74, 6) is -0.595. The highest BCUT2D eigenvalue weighted by atomic mass is 32.1. The van der Waals surface area contributed by atoms with E-state index in [4.69, 9.17) is 4.84 Å². The molecule has 0 aliphatic heterocycles. The number of nitro benzene ring substituents is 1. The van der Waals surface area contributed by atoms with Gasteiger partial charge in [0.2, 0.25) is 0 Å². The van der Waals surface area contributed by atoms with Crippen LogP contribution in [0.1, 0.15) is 21.6 Å². The highest BCUT2D eigenvalue weighted by Gasteiger charge is 2.15. The fourth-order valence-electron chi connectivity index (χ4n) is 2.23. The van der Waals surface area contributed by atoms with Crippen molar-refractivity contribution in [3.8, 4) is 0 Å². The fourth-order valence-corrected chi connectivity index (χ4v) is 2.91. The first-order chi connectivity index (χ1) is 12.9. The monoisotopic (exact) mass is 386 g/mol. The van der Waals surface area contributed by atoms with Crippen molar-refractivity contribution >= 4 is 28.1 Å². The van der Waals surface area contributed by atoms with Crippen LogP contribution in [0.3, 0.4) is 0 Å². The zero-order chi connectivity index (χ0) is 19.4. The SMILES string of the molecule is Cc1csc(NC(=O)c2cccn(OCc3cccc([N+](=O)[O-])c3)c2=O)n1. The molecule has 0 unspecified atom stereocenters. The summed E-state index contributed by atoms with van der Waals surface area (Å²) in [5.41, 5.74) is 0.457. The lowest BCUT2D eigenvalue weighted by Crippen LogP contribution is -2.32. The average Bonchev–Trinajstić information content (AvgIpc) is 3.05. The number of nitro groups is 1. The Hall–Kier alpha value is -3.53. The molecule has 0 aliphatic carbocycles. The van der Waals surface area contributed by atoms with E-state index in [0.717, 1.165) is 10.4 Å². The number of anilines is 1. The quantitative estimate of drug-likeness (QED) is 0.514. The molecular formula is C17H14N4O5S. The number of hydrogen-bond acceptors (Lipinski definition) is 7. The number of benzene rings is 1. The Morgan fingerprint density at radius 1 is 1.37 bits per heavy atom. The predicted molar refractivity (Wildman–Crippen MR) is 98.9 cm³/mol. The summed E-state index contributed by atoms with van der Waals surface area (Å²) in [6.07, 6.45) is 1.37. The van der Waals surface area contributed by atoms with Crippen molar-refractivity contribution in [2.24, 2.45) is 0 Å². The molecule has 138 valence electrons. The molecule has 0 spiro atoms. The number of nitrogens with zero attached hydrogens (tertiary/aromatic N) is 3. The fraction of sp³-hybridized carbons (Fsp3) is 0.118. The van der Waals surface area contributed by atoms with Gasteiger partial charge in [-0.1, -0.05) is 12.1 Å². The minimum absolute atomic E-state index is 0.0711. The first-order valence-electron chi connectivity index (χ1n) is 7.76. The number of amides is 1. The lowest BCUT2D eigenvalue weighted by molar-refractivity contribution is -0.384. The molecule has 0 atom stereocenters. The van der Waals surface area contributed by atoms with Gasteiger partial charge in [-0.05, 0) is 24.6 Å². The molecular weight excluding hydrogens is 372 g/mol. The second-order valence-corrected chi connectivity index (χ2v) is 6.36. The summed E-state index contributed by atoms with van der Waals surface area (Å²) in [6, 6.07) is 8.76. The molecule has 2 heterocycles. The number of non-ortho nitro benzene ring substituents is 1. The van der Waals surface area contributed by atoms with Crippen LogP contribution in [0.4, 0.5) is 10.8 Å². The normalized spacial score (nSPS) is 10.4. The van der Waals surface area contributed by atoms with Crippen molar-refractivity contribution in [2.45, 2.75) is 13.5 Å². The summed E-state index contributed by atoms with van der Waals surface area (Å²) in [5, 5.41) is 15.6. The second-order valence-electron chi connectivity index (χ2n) is 5.50. The van der Waals surface area contributed by atoms with E-state index in [0.29, 0.717) is 10.7 Å². The smallest absolute Gasteiger partial charge is 0.295 e. The summed E-state index contributed by atoms with van der Waals surface area (Å²) in [4.78, 5) is 44.6. The predicted octanol–water partition coefficient (Wildman–Crippen LogP) is 2.40. The molecule has 0 bridgehead atoms. The number of carbonyl (C=O) groups excluding carboxylic acids is 1. The van der Waals surface area contributed by atoms with Crippen molar-refractivity contribution in [1.29, 1.82) is 0 Å². The Bertz CT molecular complexity index is 1060.